The Morgan fingerprint density at radius 1 is 1.04 bits per heavy atom. The van der Waals surface area contributed by atoms with Crippen LogP contribution in [0.15, 0.2) is 49.0 Å². The number of ether oxygens (including phenoxy) is 2. The van der Waals surface area contributed by atoms with Crippen molar-refractivity contribution in [2.75, 3.05) is 14.2 Å². The predicted octanol–water partition coefficient (Wildman–Crippen LogP) is 5.50. The summed E-state index contributed by atoms with van der Waals surface area (Å²) in [6, 6.07) is 15.0. The standard InChI is InChI=1S/C22H26O2/c1-6-19-13-18(10-9-17(19)3)14-21(15-22(23-4)24-5)20-11-7-16(2)8-12-20/h6-14,22H,1,15H2,2-5H3/b21-14+. The Bertz CT molecular complexity index is 707. The van der Waals surface area contributed by atoms with Gasteiger partial charge in [-0.15, -0.1) is 0 Å². The summed E-state index contributed by atoms with van der Waals surface area (Å²) in [7, 11) is 3.34. The molecule has 0 aliphatic carbocycles. The third-order valence-electron chi connectivity index (χ3n) is 4.20. The van der Waals surface area contributed by atoms with Gasteiger partial charge >= 0.3 is 0 Å². The molecule has 0 fully saturated rings. The minimum absolute atomic E-state index is 0.262. The Balaban J connectivity index is 2.44. The molecular formula is C22H26O2. The molecule has 2 aromatic carbocycles. The lowest BCUT2D eigenvalue weighted by Crippen LogP contribution is -2.13. The van der Waals surface area contributed by atoms with E-state index in [4.69, 9.17) is 9.47 Å². The maximum Gasteiger partial charge on any atom is 0.160 e. The van der Waals surface area contributed by atoms with Crippen LogP contribution in [0.1, 0.15) is 34.2 Å². The van der Waals surface area contributed by atoms with Gasteiger partial charge in [0.1, 0.15) is 0 Å². The molecule has 2 heteroatoms. The van der Waals surface area contributed by atoms with Crippen molar-refractivity contribution in [1.82, 2.24) is 0 Å². The molecule has 2 nitrogen and oxygen atoms in total. The molecule has 0 amide bonds. The average molecular weight is 322 g/mol. The van der Waals surface area contributed by atoms with E-state index in [1.807, 2.05) is 6.08 Å². The highest BCUT2D eigenvalue weighted by Gasteiger charge is 2.11. The SMILES string of the molecule is C=Cc1cc(/C=C(\CC(OC)OC)c2ccc(C)cc2)ccc1C. The van der Waals surface area contributed by atoms with Crippen LogP contribution in [0.4, 0.5) is 0 Å². The highest BCUT2D eigenvalue weighted by molar-refractivity contribution is 5.82. The van der Waals surface area contributed by atoms with E-state index in [0.717, 1.165) is 11.1 Å². The summed E-state index contributed by atoms with van der Waals surface area (Å²) in [4.78, 5) is 0. The topological polar surface area (TPSA) is 18.5 Å². The van der Waals surface area contributed by atoms with Crippen molar-refractivity contribution < 1.29 is 9.47 Å². The fraction of sp³-hybridized carbons (Fsp3) is 0.273. The van der Waals surface area contributed by atoms with Crippen molar-refractivity contribution >= 4 is 17.7 Å². The summed E-state index contributed by atoms with van der Waals surface area (Å²) < 4.78 is 10.8. The third kappa shape index (κ3) is 4.67. The number of benzene rings is 2. The van der Waals surface area contributed by atoms with E-state index in [0.29, 0.717) is 6.42 Å². The van der Waals surface area contributed by atoms with Crippen LogP contribution >= 0.6 is 0 Å². The molecular weight excluding hydrogens is 296 g/mol. The van der Waals surface area contributed by atoms with Crippen molar-refractivity contribution in [3.05, 3.63) is 76.9 Å². The quantitative estimate of drug-likeness (QED) is 0.495. The first-order chi connectivity index (χ1) is 11.6. The minimum atomic E-state index is -0.262. The molecule has 0 unspecified atom stereocenters. The highest BCUT2D eigenvalue weighted by Crippen LogP contribution is 2.26. The van der Waals surface area contributed by atoms with E-state index in [2.05, 4.69) is 69.0 Å². The van der Waals surface area contributed by atoms with Gasteiger partial charge in [0.15, 0.2) is 6.29 Å². The Labute approximate surface area is 145 Å². The number of hydrogen-bond donors (Lipinski definition) is 0. The van der Waals surface area contributed by atoms with Gasteiger partial charge in [0, 0.05) is 20.6 Å². The van der Waals surface area contributed by atoms with Gasteiger partial charge < -0.3 is 9.47 Å². The van der Waals surface area contributed by atoms with Crippen molar-refractivity contribution in [2.24, 2.45) is 0 Å². The molecule has 0 saturated heterocycles. The second-order valence-corrected chi connectivity index (χ2v) is 5.96. The molecule has 0 saturated carbocycles. The first kappa shape index (κ1) is 18.2. The van der Waals surface area contributed by atoms with Crippen molar-refractivity contribution in [3.8, 4) is 0 Å². The Morgan fingerprint density at radius 2 is 1.71 bits per heavy atom. The maximum atomic E-state index is 5.40. The average Bonchev–Trinajstić information content (AvgIpc) is 2.60. The van der Waals surface area contributed by atoms with Crippen LogP contribution in [0.25, 0.3) is 17.7 Å². The molecule has 2 aromatic rings. The summed E-state index contributed by atoms with van der Waals surface area (Å²) >= 11 is 0. The molecule has 0 N–H and O–H groups in total. The van der Waals surface area contributed by atoms with Crippen molar-refractivity contribution in [3.63, 3.8) is 0 Å². The van der Waals surface area contributed by atoms with Gasteiger partial charge in [-0.1, -0.05) is 60.7 Å². The smallest absolute Gasteiger partial charge is 0.160 e. The van der Waals surface area contributed by atoms with Crippen molar-refractivity contribution in [1.29, 1.82) is 0 Å². The maximum absolute atomic E-state index is 5.40. The number of rotatable bonds is 7. The lowest BCUT2D eigenvalue weighted by atomic mass is 9.97. The molecule has 0 radical (unpaired) electrons. The zero-order valence-electron chi connectivity index (χ0n) is 15.0. The Hall–Kier alpha value is -2.16. The van der Waals surface area contributed by atoms with E-state index in [-0.39, 0.29) is 6.29 Å². The van der Waals surface area contributed by atoms with E-state index < -0.39 is 0 Å². The van der Waals surface area contributed by atoms with Crippen molar-refractivity contribution in [2.45, 2.75) is 26.6 Å². The lowest BCUT2D eigenvalue weighted by molar-refractivity contribution is -0.0970. The molecule has 0 aliphatic heterocycles. The van der Waals surface area contributed by atoms with Crippen LogP contribution in [-0.2, 0) is 9.47 Å². The molecule has 126 valence electrons. The van der Waals surface area contributed by atoms with Crippen LogP contribution in [0.2, 0.25) is 0 Å². The van der Waals surface area contributed by atoms with E-state index in [1.54, 1.807) is 14.2 Å². The molecule has 0 spiro atoms. The molecule has 0 bridgehead atoms. The fourth-order valence-corrected chi connectivity index (χ4v) is 2.64. The monoisotopic (exact) mass is 322 g/mol. The normalized spacial score (nSPS) is 11.8. The predicted molar refractivity (Wildman–Crippen MR) is 103 cm³/mol. The second-order valence-electron chi connectivity index (χ2n) is 5.96. The molecule has 0 aliphatic rings. The molecule has 0 heterocycles. The molecule has 2 rings (SSSR count). The third-order valence-corrected chi connectivity index (χ3v) is 4.20. The van der Waals surface area contributed by atoms with Gasteiger partial charge in [-0.05, 0) is 47.7 Å². The second kappa shape index (κ2) is 8.62. The zero-order valence-corrected chi connectivity index (χ0v) is 15.0. The fourth-order valence-electron chi connectivity index (χ4n) is 2.64. The first-order valence-electron chi connectivity index (χ1n) is 8.13. The molecule has 0 atom stereocenters. The summed E-state index contributed by atoms with van der Waals surface area (Å²) in [5.41, 5.74) is 7.14. The van der Waals surface area contributed by atoms with Crippen LogP contribution in [-0.4, -0.2) is 20.5 Å². The molecule has 24 heavy (non-hydrogen) atoms. The summed E-state index contributed by atoms with van der Waals surface area (Å²) in [5.74, 6) is 0. The van der Waals surface area contributed by atoms with Gasteiger partial charge in [0.25, 0.3) is 0 Å². The highest BCUT2D eigenvalue weighted by atomic mass is 16.7. The van der Waals surface area contributed by atoms with Gasteiger partial charge in [-0.2, -0.15) is 0 Å². The Kier molecular flexibility index (Phi) is 6.53. The van der Waals surface area contributed by atoms with Gasteiger partial charge in [0.05, 0.1) is 0 Å². The van der Waals surface area contributed by atoms with Gasteiger partial charge in [0.2, 0.25) is 0 Å². The Morgan fingerprint density at radius 3 is 2.29 bits per heavy atom. The van der Waals surface area contributed by atoms with Crippen LogP contribution in [0.3, 0.4) is 0 Å². The van der Waals surface area contributed by atoms with Crippen LogP contribution in [0, 0.1) is 13.8 Å². The van der Waals surface area contributed by atoms with E-state index >= 15 is 0 Å². The van der Waals surface area contributed by atoms with E-state index in [9.17, 15) is 0 Å². The van der Waals surface area contributed by atoms with Crippen LogP contribution < -0.4 is 0 Å². The summed E-state index contributed by atoms with van der Waals surface area (Å²) in [5, 5.41) is 0. The summed E-state index contributed by atoms with van der Waals surface area (Å²) in [6.45, 7) is 8.08. The van der Waals surface area contributed by atoms with E-state index in [1.165, 1.54) is 22.3 Å². The number of methoxy groups -OCH3 is 2. The summed E-state index contributed by atoms with van der Waals surface area (Å²) in [6.07, 6.45) is 4.52. The first-order valence-corrected chi connectivity index (χ1v) is 8.13. The lowest BCUT2D eigenvalue weighted by Gasteiger charge is -2.16. The van der Waals surface area contributed by atoms with Crippen LogP contribution in [0.5, 0.6) is 0 Å². The zero-order chi connectivity index (χ0) is 17.5. The van der Waals surface area contributed by atoms with Gasteiger partial charge in [-0.25, -0.2) is 0 Å². The number of hydrogen-bond acceptors (Lipinski definition) is 2. The van der Waals surface area contributed by atoms with Gasteiger partial charge in [-0.3, -0.25) is 0 Å². The number of aryl methyl sites for hydroxylation is 2. The largest absolute Gasteiger partial charge is 0.356 e. The molecule has 0 aromatic heterocycles. The minimum Gasteiger partial charge on any atom is -0.356 e.